The minimum Gasteiger partial charge on any atom is -0.493 e. The number of ether oxygens (including phenoxy) is 5. The molecule has 0 amide bonds. The summed E-state index contributed by atoms with van der Waals surface area (Å²) >= 11 is 0. The lowest BCUT2D eigenvalue weighted by atomic mass is 9.99. The summed E-state index contributed by atoms with van der Waals surface area (Å²) in [5, 5.41) is 3.54. The Morgan fingerprint density at radius 1 is 0.731 bits per heavy atom. The van der Waals surface area contributed by atoms with Gasteiger partial charge in [0.1, 0.15) is 0 Å². The number of rotatable bonds is 5. The smallest absolute Gasteiger partial charge is 0.308 e. The molecule has 26 heavy (non-hydrogen) atoms. The first kappa shape index (κ1) is 17.7. The quantitative estimate of drug-likeness (QED) is 0.392. The molecule has 0 bridgehead atoms. The summed E-state index contributed by atoms with van der Waals surface area (Å²) in [6, 6.07) is 9.37. The number of fused-ring (bicyclic) bond motifs is 3. The summed E-state index contributed by atoms with van der Waals surface area (Å²) in [4.78, 5) is 11.4. The van der Waals surface area contributed by atoms with E-state index in [1.807, 2.05) is 24.3 Å². The Morgan fingerprint density at radius 3 is 1.92 bits per heavy atom. The van der Waals surface area contributed by atoms with Crippen LogP contribution >= 0.6 is 0 Å². The average molecular weight is 356 g/mol. The molecule has 3 rings (SSSR count). The lowest BCUT2D eigenvalue weighted by molar-refractivity contribution is -0.132. The standard InChI is InChI=1S/C20H20O6/c1-11(21)26-16-8-12-6-7-13-9-17(23-3)19(24-4)20(25-5)18(13)14(12)10-15(16)22-2/h6-10H,1-5H3. The zero-order chi connectivity index (χ0) is 18.8. The minimum absolute atomic E-state index is 0.367. The molecule has 3 aromatic carbocycles. The molecule has 0 aliphatic rings. The first-order valence-electron chi connectivity index (χ1n) is 7.95. The van der Waals surface area contributed by atoms with Crippen LogP contribution in [0.2, 0.25) is 0 Å². The highest BCUT2D eigenvalue weighted by molar-refractivity contribution is 6.13. The van der Waals surface area contributed by atoms with E-state index in [0.717, 1.165) is 21.5 Å². The van der Waals surface area contributed by atoms with E-state index in [0.29, 0.717) is 28.7 Å². The molecule has 0 unspecified atom stereocenters. The van der Waals surface area contributed by atoms with Crippen LogP contribution in [0.3, 0.4) is 0 Å². The Bertz CT molecular complexity index is 993. The predicted molar refractivity (Wildman–Crippen MR) is 99.0 cm³/mol. The van der Waals surface area contributed by atoms with E-state index in [2.05, 4.69) is 0 Å². The number of hydrogen-bond acceptors (Lipinski definition) is 6. The highest BCUT2D eigenvalue weighted by Gasteiger charge is 2.19. The Hall–Kier alpha value is -3.15. The van der Waals surface area contributed by atoms with Gasteiger partial charge in [0.2, 0.25) is 5.75 Å². The second-order valence-electron chi connectivity index (χ2n) is 5.63. The van der Waals surface area contributed by atoms with Crippen molar-refractivity contribution in [3.8, 4) is 28.7 Å². The third kappa shape index (κ3) is 2.83. The van der Waals surface area contributed by atoms with Crippen molar-refractivity contribution in [3.63, 3.8) is 0 Å². The molecule has 0 spiro atoms. The second-order valence-corrected chi connectivity index (χ2v) is 5.63. The predicted octanol–water partition coefficient (Wildman–Crippen LogP) is 3.95. The van der Waals surface area contributed by atoms with Gasteiger partial charge in [-0.25, -0.2) is 0 Å². The van der Waals surface area contributed by atoms with Crippen LogP contribution in [0.15, 0.2) is 30.3 Å². The van der Waals surface area contributed by atoms with Crippen LogP contribution in [0.25, 0.3) is 21.5 Å². The zero-order valence-corrected chi connectivity index (χ0v) is 15.3. The van der Waals surface area contributed by atoms with Gasteiger partial charge in [-0.05, 0) is 34.4 Å². The van der Waals surface area contributed by atoms with Gasteiger partial charge in [0, 0.05) is 12.3 Å². The van der Waals surface area contributed by atoms with E-state index in [1.54, 1.807) is 27.4 Å². The highest BCUT2D eigenvalue weighted by atomic mass is 16.6. The summed E-state index contributed by atoms with van der Waals surface area (Å²) < 4.78 is 27.2. The molecule has 0 aliphatic carbocycles. The molecular formula is C20H20O6. The lowest BCUT2D eigenvalue weighted by Crippen LogP contribution is -2.03. The van der Waals surface area contributed by atoms with E-state index in [1.165, 1.54) is 14.0 Å². The van der Waals surface area contributed by atoms with Crippen LogP contribution in [-0.2, 0) is 4.79 Å². The lowest BCUT2D eigenvalue weighted by Gasteiger charge is -2.17. The van der Waals surface area contributed by atoms with Crippen LogP contribution in [0.4, 0.5) is 0 Å². The molecule has 0 aromatic heterocycles. The second kappa shape index (κ2) is 7.00. The molecule has 0 radical (unpaired) electrons. The summed E-state index contributed by atoms with van der Waals surface area (Å²) in [6.07, 6.45) is 0. The van der Waals surface area contributed by atoms with Gasteiger partial charge in [0.05, 0.1) is 28.4 Å². The van der Waals surface area contributed by atoms with Crippen molar-refractivity contribution in [2.24, 2.45) is 0 Å². The number of carbonyl (C=O) groups is 1. The van der Waals surface area contributed by atoms with Crippen LogP contribution in [-0.4, -0.2) is 34.4 Å². The third-order valence-electron chi connectivity index (χ3n) is 4.16. The molecule has 0 saturated heterocycles. The normalized spacial score (nSPS) is 10.7. The van der Waals surface area contributed by atoms with Crippen molar-refractivity contribution in [3.05, 3.63) is 30.3 Å². The van der Waals surface area contributed by atoms with Crippen LogP contribution in [0.1, 0.15) is 6.92 Å². The van der Waals surface area contributed by atoms with Gasteiger partial charge in [-0.1, -0.05) is 12.1 Å². The molecule has 0 heterocycles. The fourth-order valence-electron chi connectivity index (χ4n) is 3.09. The van der Waals surface area contributed by atoms with Gasteiger partial charge >= 0.3 is 5.97 Å². The fraction of sp³-hybridized carbons (Fsp3) is 0.250. The van der Waals surface area contributed by atoms with Crippen molar-refractivity contribution < 1.29 is 28.5 Å². The molecule has 6 heteroatoms. The maximum atomic E-state index is 11.4. The number of carbonyl (C=O) groups excluding carboxylic acids is 1. The third-order valence-corrected chi connectivity index (χ3v) is 4.16. The Balaban J connectivity index is 2.42. The van der Waals surface area contributed by atoms with Gasteiger partial charge in [0.25, 0.3) is 0 Å². The number of esters is 1. The number of methoxy groups -OCH3 is 4. The minimum atomic E-state index is -0.410. The highest BCUT2D eigenvalue weighted by Crippen LogP contribution is 2.47. The maximum absolute atomic E-state index is 11.4. The molecular weight excluding hydrogens is 336 g/mol. The van der Waals surface area contributed by atoms with E-state index >= 15 is 0 Å². The Morgan fingerprint density at radius 2 is 1.35 bits per heavy atom. The van der Waals surface area contributed by atoms with Gasteiger partial charge in [-0.2, -0.15) is 0 Å². The summed E-state index contributed by atoms with van der Waals surface area (Å²) in [6.45, 7) is 1.35. The Labute approximate surface area is 151 Å². The topological polar surface area (TPSA) is 63.2 Å². The van der Waals surface area contributed by atoms with Gasteiger partial charge in [-0.3, -0.25) is 4.79 Å². The molecule has 0 atom stereocenters. The van der Waals surface area contributed by atoms with Crippen LogP contribution in [0, 0.1) is 0 Å². The maximum Gasteiger partial charge on any atom is 0.308 e. The van der Waals surface area contributed by atoms with Gasteiger partial charge in [-0.15, -0.1) is 0 Å². The fourth-order valence-corrected chi connectivity index (χ4v) is 3.09. The largest absolute Gasteiger partial charge is 0.493 e. The van der Waals surface area contributed by atoms with E-state index in [-0.39, 0.29) is 0 Å². The Kier molecular flexibility index (Phi) is 4.75. The zero-order valence-electron chi connectivity index (χ0n) is 15.3. The SMILES string of the molecule is COc1cc2c(ccc3cc(OC)c(OC)c(OC)c32)cc1OC(C)=O. The van der Waals surface area contributed by atoms with Gasteiger partial charge < -0.3 is 23.7 Å². The number of benzene rings is 3. The van der Waals surface area contributed by atoms with Crippen molar-refractivity contribution >= 4 is 27.5 Å². The molecule has 0 aliphatic heterocycles. The van der Waals surface area contributed by atoms with Crippen molar-refractivity contribution in [1.82, 2.24) is 0 Å². The van der Waals surface area contributed by atoms with E-state index in [9.17, 15) is 4.79 Å². The summed E-state index contributed by atoms with van der Waals surface area (Å²) in [5.74, 6) is 2.07. The number of hydrogen-bond donors (Lipinski definition) is 0. The molecule has 0 N–H and O–H groups in total. The molecule has 3 aromatic rings. The van der Waals surface area contributed by atoms with Crippen molar-refractivity contribution in [2.75, 3.05) is 28.4 Å². The molecule has 6 nitrogen and oxygen atoms in total. The van der Waals surface area contributed by atoms with Crippen molar-refractivity contribution in [2.45, 2.75) is 6.92 Å². The monoisotopic (exact) mass is 356 g/mol. The first-order chi connectivity index (χ1) is 12.5. The molecule has 0 fully saturated rings. The molecule has 136 valence electrons. The van der Waals surface area contributed by atoms with Crippen molar-refractivity contribution in [1.29, 1.82) is 0 Å². The van der Waals surface area contributed by atoms with Crippen LogP contribution in [0.5, 0.6) is 28.7 Å². The van der Waals surface area contributed by atoms with Crippen LogP contribution < -0.4 is 23.7 Å². The van der Waals surface area contributed by atoms with E-state index in [4.69, 9.17) is 23.7 Å². The molecule has 0 saturated carbocycles. The van der Waals surface area contributed by atoms with E-state index < -0.39 is 5.97 Å². The first-order valence-corrected chi connectivity index (χ1v) is 7.95. The van der Waals surface area contributed by atoms with Gasteiger partial charge in [0.15, 0.2) is 23.0 Å². The summed E-state index contributed by atoms with van der Waals surface area (Å²) in [5.41, 5.74) is 0. The summed E-state index contributed by atoms with van der Waals surface area (Å²) in [7, 11) is 6.26. The average Bonchev–Trinajstić information content (AvgIpc) is 2.64.